The first-order valence-corrected chi connectivity index (χ1v) is 16.1. The highest BCUT2D eigenvalue weighted by Gasteiger charge is 2.37. The van der Waals surface area contributed by atoms with Crippen LogP contribution in [0.15, 0.2) is 54.6 Å². The molecule has 0 aromatic heterocycles. The van der Waals surface area contributed by atoms with Crippen molar-refractivity contribution in [3.05, 3.63) is 88.0 Å². The van der Waals surface area contributed by atoms with E-state index in [1.165, 1.54) is 23.8 Å². The van der Waals surface area contributed by atoms with E-state index in [0.717, 1.165) is 48.4 Å². The molecule has 1 N–H and O–H groups in total. The molecule has 9 nitrogen and oxygen atoms in total. The largest absolute Gasteiger partial charge is 0.504 e. The average molecular weight is 639 g/mol. The minimum atomic E-state index is -0.165. The van der Waals surface area contributed by atoms with Gasteiger partial charge >= 0.3 is 0 Å². The maximum atomic E-state index is 11.6. The Labute approximate surface area is 276 Å². The Morgan fingerprint density at radius 1 is 0.681 bits per heavy atom. The van der Waals surface area contributed by atoms with Crippen LogP contribution in [0.25, 0.3) is 0 Å². The topological polar surface area (TPSA) is 82.1 Å². The highest BCUT2D eigenvalue weighted by atomic mass is 16.5. The molecule has 0 radical (unpaired) electrons. The predicted molar refractivity (Wildman–Crippen MR) is 179 cm³/mol. The summed E-state index contributed by atoms with van der Waals surface area (Å²) in [5.41, 5.74) is 6.33. The van der Waals surface area contributed by atoms with E-state index in [4.69, 9.17) is 28.4 Å². The Balaban J connectivity index is 1.49. The summed E-state index contributed by atoms with van der Waals surface area (Å²) in [5.74, 6) is 4.44. The van der Waals surface area contributed by atoms with E-state index in [1.54, 1.807) is 21.3 Å². The van der Waals surface area contributed by atoms with E-state index < -0.39 is 0 Å². The fraction of sp³-hybridized carbons (Fsp3) is 0.368. The Morgan fingerprint density at radius 3 is 2.06 bits per heavy atom. The van der Waals surface area contributed by atoms with Gasteiger partial charge in [-0.2, -0.15) is 0 Å². The molecular formula is C38H42N2O7. The lowest BCUT2D eigenvalue weighted by Crippen LogP contribution is -2.34. The first-order valence-electron chi connectivity index (χ1n) is 16.1. The minimum absolute atomic E-state index is 0.0767. The van der Waals surface area contributed by atoms with Gasteiger partial charge in [0.05, 0.1) is 28.4 Å². The molecule has 4 aromatic carbocycles. The maximum Gasteiger partial charge on any atom is 0.208 e. The molecular weight excluding hydrogens is 596 g/mol. The van der Waals surface area contributed by atoms with Crippen molar-refractivity contribution in [2.24, 2.45) is 0 Å². The van der Waals surface area contributed by atoms with Crippen LogP contribution in [-0.4, -0.2) is 70.5 Å². The van der Waals surface area contributed by atoms with Gasteiger partial charge in [0, 0.05) is 36.3 Å². The van der Waals surface area contributed by atoms with E-state index in [1.807, 2.05) is 24.3 Å². The molecule has 4 aliphatic heterocycles. The first-order chi connectivity index (χ1) is 22.8. The summed E-state index contributed by atoms with van der Waals surface area (Å²) in [7, 11) is 10.7. The van der Waals surface area contributed by atoms with Crippen LogP contribution in [0.5, 0.6) is 51.7 Å². The van der Waals surface area contributed by atoms with Crippen molar-refractivity contribution >= 4 is 0 Å². The van der Waals surface area contributed by atoms with Gasteiger partial charge in [0.15, 0.2) is 34.5 Å². The highest BCUT2D eigenvalue weighted by Crippen LogP contribution is 2.56. The van der Waals surface area contributed by atoms with Gasteiger partial charge in [0.2, 0.25) is 11.5 Å². The summed E-state index contributed by atoms with van der Waals surface area (Å²) in [6.07, 6.45) is 2.95. The van der Waals surface area contributed by atoms with Crippen LogP contribution in [-0.2, 0) is 25.7 Å². The van der Waals surface area contributed by atoms with Gasteiger partial charge in [-0.05, 0) is 98.4 Å². The molecule has 0 saturated carbocycles. The van der Waals surface area contributed by atoms with Crippen molar-refractivity contribution in [1.82, 2.24) is 9.80 Å². The fourth-order valence-electron chi connectivity index (χ4n) is 7.38. The van der Waals surface area contributed by atoms with Gasteiger partial charge in [-0.3, -0.25) is 9.80 Å². The summed E-state index contributed by atoms with van der Waals surface area (Å²) >= 11 is 0. The van der Waals surface area contributed by atoms with E-state index in [2.05, 4.69) is 54.2 Å². The zero-order valence-corrected chi connectivity index (χ0v) is 27.9. The van der Waals surface area contributed by atoms with E-state index in [-0.39, 0.29) is 23.6 Å². The van der Waals surface area contributed by atoms with Crippen LogP contribution in [0.3, 0.4) is 0 Å². The molecule has 8 rings (SSSR count). The molecule has 0 amide bonds. The Kier molecular flexibility index (Phi) is 8.28. The maximum absolute atomic E-state index is 11.6. The Bertz CT molecular complexity index is 1810. The van der Waals surface area contributed by atoms with Gasteiger partial charge < -0.3 is 33.5 Å². The SMILES string of the molecule is COc1ccc2cc1Oc1ccc(cc1)C[C@H]1c3cc(c(OC)cc3CCN1C)Oc1c(OC)c(OC)c(O)c3c1[C@H](C2)N(C)CC3. The van der Waals surface area contributed by atoms with Crippen LogP contribution >= 0.6 is 0 Å². The van der Waals surface area contributed by atoms with E-state index in [0.29, 0.717) is 47.3 Å². The summed E-state index contributed by atoms with van der Waals surface area (Å²) < 4.78 is 36.8. The molecule has 4 aromatic rings. The summed E-state index contributed by atoms with van der Waals surface area (Å²) in [6.45, 7) is 1.67. The predicted octanol–water partition coefficient (Wildman–Crippen LogP) is 6.87. The zero-order chi connectivity index (χ0) is 32.8. The van der Waals surface area contributed by atoms with Gasteiger partial charge in [0.25, 0.3) is 0 Å². The molecule has 9 heteroatoms. The number of aromatic hydroxyl groups is 1. The van der Waals surface area contributed by atoms with Crippen molar-refractivity contribution in [1.29, 1.82) is 0 Å². The monoisotopic (exact) mass is 638 g/mol. The number of fused-ring (bicyclic) bond motifs is 2. The molecule has 0 spiro atoms. The van der Waals surface area contributed by atoms with Crippen molar-refractivity contribution in [2.75, 3.05) is 55.6 Å². The number of phenols is 1. The smallest absolute Gasteiger partial charge is 0.208 e. The molecule has 47 heavy (non-hydrogen) atoms. The Hall–Kier alpha value is -4.60. The molecule has 0 fully saturated rings. The van der Waals surface area contributed by atoms with Crippen molar-refractivity contribution in [3.8, 4) is 51.7 Å². The molecule has 0 aliphatic carbocycles. The lowest BCUT2D eigenvalue weighted by atomic mass is 9.86. The van der Waals surface area contributed by atoms with E-state index >= 15 is 0 Å². The first kappa shape index (κ1) is 31.0. The molecule has 0 unspecified atom stereocenters. The van der Waals surface area contributed by atoms with Crippen LogP contribution in [0, 0.1) is 0 Å². The van der Waals surface area contributed by atoms with Gasteiger partial charge in [-0.25, -0.2) is 0 Å². The Morgan fingerprint density at radius 2 is 1.34 bits per heavy atom. The van der Waals surface area contributed by atoms with Crippen molar-refractivity contribution in [3.63, 3.8) is 0 Å². The molecule has 4 heterocycles. The number of hydrogen-bond acceptors (Lipinski definition) is 9. The van der Waals surface area contributed by atoms with Crippen molar-refractivity contribution in [2.45, 2.75) is 37.8 Å². The fourth-order valence-corrected chi connectivity index (χ4v) is 7.38. The van der Waals surface area contributed by atoms with Crippen LogP contribution in [0.4, 0.5) is 0 Å². The average Bonchev–Trinajstić information content (AvgIpc) is 3.08. The second kappa shape index (κ2) is 12.5. The number of likely N-dealkylation sites (N-methyl/N-ethyl adjacent to an activating group) is 2. The number of hydrogen-bond donors (Lipinski definition) is 1. The lowest BCUT2D eigenvalue weighted by Gasteiger charge is -2.38. The van der Waals surface area contributed by atoms with E-state index in [9.17, 15) is 5.11 Å². The molecule has 6 bridgehead atoms. The number of nitrogens with zero attached hydrogens (tertiary/aromatic N) is 2. The van der Waals surface area contributed by atoms with Crippen molar-refractivity contribution < 1.29 is 33.5 Å². The minimum Gasteiger partial charge on any atom is -0.504 e. The summed E-state index contributed by atoms with van der Waals surface area (Å²) in [4.78, 5) is 4.69. The standard InChI is InChI=1S/C38H42N2O7/c1-39-15-13-24-20-31(43-4)33-21-27(24)28(39)17-22-7-10-25(11-8-22)46-32-19-23(9-12-30(32)42-3)18-29-34-26(14-16-40(29)2)35(41)37(44-5)38(45-6)36(34)47-33/h7-12,19-21,28-29,41H,13-18H2,1-6H3/t28-,29-/m0/s1. The molecule has 4 aliphatic rings. The molecule has 0 saturated heterocycles. The zero-order valence-electron chi connectivity index (χ0n) is 27.9. The highest BCUT2D eigenvalue weighted by molar-refractivity contribution is 5.69. The normalized spacial score (nSPS) is 19.0. The van der Waals surface area contributed by atoms with Gasteiger partial charge in [-0.1, -0.05) is 18.2 Å². The number of benzene rings is 4. The third-order valence-corrected chi connectivity index (χ3v) is 9.97. The van der Waals surface area contributed by atoms with Crippen LogP contribution in [0.2, 0.25) is 0 Å². The lowest BCUT2D eigenvalue weighted by molar-refractivity contribution is 0.216. The second-order valence-electron chi connectivity index (χ2n) is 12.6. The third kappa shape index (κ3) is 5.47. The number of ether oxygens (including phenoxy) is 6. The summed E-state index contributed by atoms with van der Waals surface area (Å²) in [5, 5.41) is 11.6. The van der Waals surface area contributed by atoms with Gasteiger partial charge in [-0.15, -0.1) is 0 Å². The summed E-state index contributed by atoms with van der Waals surface area (Å²) in [6, 6.07) is 18.5. The number of phenolic OH excluding ortho intramolecular Hbond substituents is 1. The number of methoxy groups -OCH3 is 4. The van der Waals surface area contributed by atoms with Crippen LogP contribution in [0.1, 0.15) is 45.5 Å². The quantitative estimate of drug-likeness (QED) is 0.258. The number of rotatable bonds is 4. The molecule has 2 atom stereocenters. The van der Waals surface area contributed by atoms with Crippen LogP contribution < -0.4 is 28.4 Å². The van der Waals surface area contributed by atoms with Gasteiger partial charge in [0.1, 0.15) is 5.75 Å². The third-order valence-electron chi connectivity index (χ3n) is 9.97. The molecule has 246 valence electrons. The second-order valence-corrected chi connectivity index (χ2v) is 12.6.